The number of anilines is 2. The second kappa shape index (κ2) is 9.79. The lowest BCUT2D eigenvalue weighted by Crippen LogP contribution is -2.54. The lowest BCUT2D eigenvalue weighted by Gasteiger charge is -2.46. The van der Waals surface area contributed by atoms with E-state index in [1.54, 1.807) is 23.2 Å². The van der Waals surface area contributed by atoms with Gasteiger partial charge < -0.3 is 0 Å². The molecule has 6 rings (SSSR count). The van der Waals surface area contributed by atoms with Gasteiger partial charge in [0.15, 0.2) is 10.8 Å². The maximum atomic E-state index is 12.8. The molecule has 2 aliphatic heterocycles. The lowest BCUT2D eigenvalue weighted by molar-refractivity contribution is -0.384. The molecule has 192 valence electrons. The highest BCUT2D eigenvalue weighted by molar-refractivity contribution is 9.10. The first-order valence-corrected chi connectivity index (χ1v) is 13.6. The van der Waals surface area contributed by atoms with Crippen molar-refractivity contribution in [3.05, 3.63) is 134 Å². The molecule has 0 aromatic heterocycles. The van der Waals surface area contributed by atoms with Gasteiger partial charge in [-0.1, -0.05) is 82.7 Å². The van der Waals surface area contributed by atoms with Crippen molar-refractivity contribution in [3.8, 4) is 0 Å². The Morgan fingerprint density at radius 3 is 2.26 bits per heavy atom. The number of ketones is 1. The molecule has 0 radical (unpaired) electrons. The van der Waals surface area contributed by atoms with Gasteiger partial charge in [0.05, 0.1) is 16.3 Å². The maximum Gasteiger partial charge on any atom is 0.294 e. The number of rotatable bonds is 5. The van der Waals surface area contributed by atoms with Crippen molar-refractivity contribution >= 4 is 61.3 Å². The van der Waals surface area contributed by atoms with E-state index in [1.165, 1.54) is 24.8 Å². The smallest absolute Gasteiger partial charge is 0.292 e. The number of nitrogens with zero attached hydrogens (tertiary/aromatic N) is 5. The number of halogens is 1. The van der Waals surface area contributed by atoms with Gasteiger partial charge in [-0.3, -0.25) is 14.9 Å². The molecule has 39 heavy (non-hydrogen) atoms. The molecule has 1 atom stereocenters. The number of nitro benzene ring substituents is 1. The molecule has 0 saturated heterocycles. The quantitative estimate of drug-likeness (QED) is 0.184. The fourth-order valence-corrected chi connectivity index (χ4v) is 6.29. The molecule has 0 saturated carbocycles. The van der Waals surface area contributed by atoms with E-state index in [2.05, 4.69) is 15.9 Å². The van der Waals surface area contributed by atoms with Gasteiger partial charge >= 0.3 is 0 Å². The van der Waals surface area contributed by atoms with Gasteiger partial charge in [0, 0.05) is 34.2 Å². The van der Waals surface area contributed by atoms with Crippen LogP contribution < -0.4 is 10.0 Å². The molecular weight excluding hydrogens is 578 g/mol. The number of carbonyl (C=O) groups is 1. The normalized spacial score (nSPS) is 18.0. The third-order valence-corrected chi connectivity index (χ3v) is 8.40. The summed E-state index contributed by atoms with van der Waals surface area (Å²) >= 11 is 4.73. The van der Waals surface area contributed by atoms with Crippen molar-refractivity contribution in [1.82, 2.24) is 0 Å². The molecule has 2 aliphatic rings. The van der Waals surface area contributed by atoms with Crippen LogP contribution in [0.1, 0.15) is 23.6 Å². The summed E-state index contributed by atoms with van der Waals surface area (Å²) in [5.74, 6) is -0.242. The summed E-state index contributed by atoms with van der Waals surface area (Å²) in [6, 6.07) is 31.6. The van der Waals surface area contributed by atoms with Gasteiger partial charge in [-0.05, 0) is 42.1 Å². The summed E-state index contributed by atoms with van der Waals surface area (Å²) in [6.45, 7) is 1.44. The number of Topliss-reactive ketones (excluding diaryl/α,β-unsaturated/α-hetero) is 1. The zero-order chi connectivity index (χ0) is 27.1. The van der Waals surface area contributed by atoms with Crippen LogP contribution in [0, 0.1) is 10.1 Å². The van der Waals surface area contributed by atoms with Crippen LogP contribution in [0.25, 0.3) is 0 Å². The van der Waals surface area contributed by atoms with Crippen molar-refractivity contribution in [3.63, 3.8) is 0 Å². The molecule has 8 nitrogen and oxygen atoms in total. The summed E-state index contributed by atoms with van der Waals surface area (Å²) in [7, 11) is 0. The highest BCUT2D eigenvalue weighted by Crippen LogP contribution is 2.56. The van der Waals surface area contributed by atoms with E-state index in [9.17, 15) is 14.9 Å². The highest BCUT2D eigenvalue weighted by Gasteiger charge is 2.56. The van der Waals surface area contributed by atoms with Crippen molar-refractivity contribution in [1.29, 1.82) is 0 Å². The molecule has 0 aliphatic carbocycles. The van der Waals surface area contributed by atoms with E-state index in [-0.39, 0.29) is 22.2 Å². The van der Waals surface area contributed by atoms with E-state index >= 15 is 0 Å². The van der Waals surface area contributed by atoms with Gasteiger partial charge in [0.25, 0.3) is 5.69 Å². The van der Waals surface area contributed by atoms with Gasteiger partial charge in [-0.25, -0.2) is 10.0 Å². The summed E-state index contributed by atoms with van der Waals surface area (Å²) in [5, 5.41) is 25.6. The highest BCUT2D eigenvalue weighted by atomic mass is 79.9. The van der Waals surface area contributed by atoms with Crippen LogP contribution in [0.2, 0.25) is 0 Å². The Hall–Kier alpha value is -4.28. The van der Waals surface area contributed by atoms with Crippen LogP contribution >= 0.6 is 27.7 Å². The molecule has 0 unspecified atom stereocenters. The van der Waals surface area contributed by atoms with E-state index < -0.39 is 9.92 Å². The number of hydrazone groups is 2. The number of benzene rings is 4. The van der Waals surface area contributed by atoms with Gasteiger partial charge in [0.1, 0.15) is 5.69 Å². The zero-order valence-electron chi connectivity index (χ0n) is 20.6. The van der Waals surface area contributed by atoms with Gasteiger partial charge in [0.2, 0.25) is 4.99 Å². The third kappa shape index (κ3) is 4.12. The second-order valence-electron chi connectivity index (χ2n) is 8.88. The molecular formula is C29H20BrN5O3S. The topological polar surface area (TPSA) is 91.4 Å². The van der Waals surface area contributed by atoms with Crippen LogP contribution in [0.5, 0.6) is 0 Å². The number of hydrogen-bond donors (Lipinski definition) is 0. The number of thioether (sulfide) groups is 1. The van der Waals surface area contributed by atoms with Crippen LogP contribution in [-0.2, 0) is 9.79 Å². The molecule has 0 bridgehead atoms. The molecule has 0 fully saturated rings. The Morgan fingerprint density at radius 2 is 1.54 bits per heavy atom. The summed E-state index contributed by atoms with van der Waals surface area (Å²) in [5.41, 5.74) is 4.12. The molecule has 4 aromatic carbocycles. The fourth-order valence-electron chi connectivity index (χ4n) is 4.75. The Kier molecular flexibility index (Phi) is 6.28. The first kappa shape index (κ1) is 25.0. The average molecular weight is 598 g/mol. The summed E-state index contributed by atoms with van der Waals surface area (Å²) in [6.07, 6.45) is 0. The SMILES string of the molecule is CC(=O)C1=NN(c2ccccc2[N+](=O)[O-])[C@@]2(S1)c1ccccc1C(c1ccc(Br)cc1)=NN2c1ccccc1. The van der Waals surface area contributed by atoms with Gasteiger partial charge in [-0.15, -0.1) is 0 Å². The Balaban J connectivity index is 1.69. The van der Waals surface area contributed by atoms with Crippen molar-refractivity contribution in [2.45, 2.75) is 11.9 Å². The summed E-state index contributed by atoms with van der Waals surface area (Å²) in [4.78, 5) is 23.2. The van der Waals surface area contributed by atoms with Crippen LogP contribution in [0.4, 0.5) is 17.1 Å². The minimum absolute atomic E-state index is 0.126. The third-order valence-electron chi connectivity index (χ3n) is 6.46. The molecule has 4 aromatic rings. The molecule has 2 heterocycles. The monoisotopic (exact) mass is 597 g/mol. The van der Waals surface area contributed by atoms with Crippen molar-refractivity contribution < 1.29 is 9.72 Å². The Labute approximate surface area is 236 Å². The number of carbonyl (C=O) groups excluding carboxylic acids is 1. The van der Waals surface area contributed by atoms with Crippen molar-refractivity contribution in [2.75, 3.05) is 10.0 Å². The average Bonchev–Trinajstić information content (AvgIpc) is 3.36. The number of para-hydroxylation sites is 3. The van der Waals surface area contributed by atoms with E-state index in [0.717, 1.165) is 32.6 Å². The van der Waals surface area contributed by atoms with Crippen molar-refractivity contribution in [2.24, 2.45) is 10.2 Å². The standard InChI is InChI=1S/C29H20BrN5O3S/c1-19(36)28-32-34(25-13-7-8-14-26(25)35(37)38)29(39-28)24-12-6-5-11-23(24)27(20-15-17-21(30)18-16-20)31-33(29)22-9-3-2-4-10-22/h2-18H,1H3/t29-/m1/s1. The molecule has 0 N–H and O–H groups in total. The Bertz CT molecular complexity index is 1680. The van der Waals surface area contributed by atoms with E-state index in [1.807, 2.05) is 83.9 Å². The van der Waals surface area contributed by atoms with E-state index in [4.69, 9.17) is 10.2 Å². The minimum atomic E-state index is -1.26. The second-order valence-corrected chi connectivity index (χ2v) is 11.0. The van der Waals surface area contributed by atoms with Gasteiger partial charge in [-0.2, -0.15) is 10.2 Å². The number of fused-ring (bicyclic) bond motifs is 2. The predicted molar refractivity (Wildman–Crippen MR) is 158 cm³/mol. The van der Waals surface area contributed by atoms with Crippen LogP contribution in [0.3, 0.4) is 0 Å². The fraction of sp³-hybridized carbons (Fsp3) is 0.0690. The van der Waals surface area contributed by atoms with Crippen LogP contribution in [-0.4, -0.2) is 21.5 Å². The predicted octanol–water partition coefficient (Wildman–Crippen LogP) is 6.90. The first-order chi connectivity index (χ1) is 18.9. The largest absolute Gasteiger partial charge is 0.294 e. The number of hydrogen-bond acceptors (Lipinski definition) is 8. The molecule has 10 heteroatoms. The lowest BCUT2D eigenvalue weighted by atomic mass is 9.93. The zero-order valence-corrected chi connectivity index (χ0v) is 23.0. The Morgan fingerprint density at radius 1 is 0.872 bits per heavy atom. The molecule has 0 amide bonds. The maximum absolute atomic E-state index is 12.8. The number of nitro groups is 1. The van der Waals surface area contributed by atoms with Crippen LogP contribution in [0.15, 0.2) is 118 Å². The minimum Gasteiger partial charge on any atom is -0.292 e. The summed E-state index contributed by atoms with van der Waals surface area (Å²) < 4.78 is 0.945. The molecule has 1 spiro atoms. The first-order valence-electron chi connectivity index (χ1n) is 12.0. The van der Waals surface area contributed by atoms with E-state index in [0.29, 0.717) is 0 Å².